The van der Waals surface area contributed by atoms with Crippen LogP contribution in [0.15, 0.2) is 29.1 Å². The fraction of sp³-hybridized carbons (Fsp3) is 0.385. The van der Waals surface area contributed by atoms with E-state index in [0.29, 0.717) is 0 Å². The first-order chi connectivity index (χ1) is 9.81. The molecule has 0 radical (unpaired) electrons. The van der Waals surface area contributed by atoms with Crippen LogP contribution in [-0.2, 0) is 0 Å². The molecule has 7 heteroatoms. The Morgan fingerprint density at radius 2 is 2.15 bits per heavy atom. The molecule has 2 amide bonds. The topological polar surface area (TPSA) is 57.3 Å². The zero-order valence-corrected chi connectivity index (χ0v) is 12.5. The highest BCUT2D eigenvalue weighted by molar-refractivity contribution is 7.14. The van der Waals surface area contributed by atoms with Gasteiger partial charge in [0.15, 0.2) is 5.13 Å². The molecule has 1 aliphatic rings. The van der Waals surface area contributed by atoms with Crippen molar-refractivity contribution < 1.29 is 4.79 Å². The molecule has 106 valence electrons. The Morgan fingerprint density at radius 1 is 1.30 bits per heavy atom. The zero-order chi connectivity index (χ0) is 13.8. The summed E-state index contributed by atoms with van der Waals surface area (Å²) in [5.74, 6) is 0. The maximum Gasteiger partial charge on any atom is 0.320 e. The highest BCUT2D eigenvalue weighted by Crippen LogP contribution is 2.22. The van der Waals surface area contributed by atoms with Crippen LogP contribution in [0.5, 0.6) is 0 Å². The fourth-order valence-electron chi connectivity index (χ4n) is 2.27. The van der Waals surface area contributed by atoms with Crippen molar-refractivity contribution in [3.05, 3.63) is 29.1 Å². The van der Waals surface area contributed by atoms with Crippen molar-refractivity contribution in [1.82, 2.24) is 10.3 Å². The van der Waals surface area contributed by atoms with Gasteiger partial charge in [0.05, 0.1) is 5.00 Å². The number of nitrogens with one attached hydrogen (secondary N) is 2. The van der Waals surface area contributed by atoms with Gasteiger partial charge in [0.1, 0.15) is 0 Å². The van der Waals surface area contributed by atoms with Gasteiger partial charge in [-0.1, -0.05) is 0 Å². The number of carbonyl (C=O) groups excluding carboxylic acids is 1. The van der Waals surface area contributed by atoms with Crippen molar-refractivity contribution in [3.8, 4) is 0 Å². The van der Waals surface area contributed by atoms with E-state index in [1.807, 2.05) is 29.1 Å². The Kier molecular flexibility index (Phi) is 4.17. The number of hydrogen-bond donors (Lipinski definition) is 2. The van der Waals surface area contributed by atoms with Gasteiger partial charge < -0.3 is 10.2 Å². The molecule has 0 bridgehead atoms. The molecule has 0 atom stereocenters. The quantitative estimate of drug-likeness (QED) is 0.916. The van der Waals surface area contributed by atoms with Crippen molar-refractivity contribution in [1.29, 1.82) is 0 Å². The molecule has 0 spiro atoms. The van der Waals surface area contributed by atoms with Crippen molar-refractivity contribution >= 4 is 38.8 Å². The van der Waals surface area contributed by atoms with Gasteiger partial charge in [0.2, 0.25) is 0 Å². The molecule has 1 aliphatic heterocycles. The Bertz CT molecular complexity index is 533. The molecular formula is C13H16N4OS2. The van der Waals surface area contributed by atoms with Crippen LogP contribution >= 0.6 is 22.7 Å². The first-order valence-electron chi connectivity index (χ1n) is 6.57. The molecule has 20 heavy (non-hydrogen) atoms. The maximum absolute atomic E-state index is 11.8. The summed E-state index contributed by atoms with van der Waals surface area (Å²) >= 11 is 3.19. The minimum absolute atomic E-state index is 0.111. The number of thiophene rings is 1. The monoisotopic (exact) mass is 308 g/mol. The van der Waals surface area contributed by atoms with Gasteiger partial charge in [-0.15, -0.1) is 22.7 Å². The number of aromatic nitrogens is 1. The summed E-state index contributed by atoms with van der Waals surface area (Å²) in [7, 11) is 0. The van der Waals surface area contributed by atoms with E-state index in [4.69, 9.17) is 0 Å². The van der Waals surface area contributed by atoms with Gasteiger partial charge in [-0.2, -0.15) is 0 Å². The Labute approximate surface area is 125 Å². The van der Waals surface area contributed by atoms with E-state index >= 15 is 0 Å². The second-order valence-corrected chi connectivity index (χ2v) is 6.47. The second kappa shape index (κ2) is 6.23. The van der Waals surface area contributed by atoms with Crippen LogP contribution in [0.25, 0.3) is 0 Å². The van der Waals surface area contributed by atoms with E-state index in [0.717, 1.165) is 36.1 Å². The number of rotatable bonds is 3. The zero-order valence-electron chi connectivity index (χ0n) is 10.9. The largest absolute Gasteiger partial charge is 0.348 e. The Hall–Kier alpha value is -1.60. The molecule has 5 nitrogen and oxygen atoms in total. The van der Waals surface area contributed by atoms with E-state index < -0.39 is 0 Å². The fourth-order valence-corrected chi connectivity index (χ4v) is 3.58. The van der Waals surface area contributed by atoms with Gasteiger partial charge in [0.25, 0.3) is 0 Å². The maximum atomic E-state index is 11.8. The summed E-state index contributed by atoms with van der Waals surface area (Å²) in [5.41, 5.74) is 0. The van der Waals surface area contributed by atoms with E-state index in [-0.39, 0.29) is 12.1 Å². The third-order valence-corrected chi connectivity index (χ3v) is 4.90. The summed E-state index contributed by atoms with van der Waals surface area (Å²) < 4.78 is 0. The highest BCUT2D eigenvalue weighted by atomic mass is 32.1. The van der Waals surface area contributed by atoms with Crippen molar-refractivity contribution in [2.75, 3.05) is 23.3 Å². The molecule has 3 rings (SSSR count). The smallest absolute Gasteiger partial charge is 0.320 e. The molecular weight excluding hydrogens is 292 g/mol. The number of piperidine rings is 1. The summed E-state index contributed by atoms with van der Waals surface area (Å²) in [4.78, 5) is 18.4. The van der Waals surface area contributed by atoms with Crippen LogP contribution < -0.4 is 15.5 Å². The summed E-state index contributed by atoms with van der Waals surface area (Å²) in [6.45, 7) is 1.88. The molecule has 1 saturated heterocycles. The number of thiazole rings is 1. The lowest BCUT2D eigenvalue weighted by Crippen LogP contribution is -2.46. The Balaban J connectivity index is 1.45. The van der Waals surface area contributed by atoms with Gasteiger partial charge >= 0.3 is 6.03 Å². The van der Waals surface area contributed by atoms with E-state index in [1.54, 1.807) is 11.3 Å². The molecule has 2 aromatic heterocycles. The Morgan fingerprint density at radius 3 is 2.80 bits per heavy atom. The summed E-state index contributed by atoms with van der Waals surface area (Å²) in [6.07, 6.45) is 3.74. The van der Waals surface area contributed by atoms with Crippen LogP contribution in [0.1, 0.15) is 12.8 Å². The summed E-state index contributed by atoms with van der Waals surface area (Å²) in [5, 5.41) is 11.8. The van der Waals surface area contributed by atoms with Crippen LogP contribution in [0.3, 0.4) is 0 Å². The number of carbonyl (C=O) groups is 1. The van der Waals surface area contributed by atoms with Gasteiger partial charge in [-0.05, 0) is 30.4 Å². The van der Waals surface area contributed by atoms with Crippen LogP contribution in [0, 0.1) is 0 Å². The molecule has 2 N–H and O–H groups in total. The third kappa shape index (κ3) is 3.29. The molecule has 0 unspecified atom stereocenters. The number of nitrogens with zero attached hydrogens (tertiary/aromatic N) is 2. The lowest BCUT2D eigenvalue weighted by Gasteiger charge is -2.32. The number of hydrogen-bond acceptors (Lipinski definition) is 5. The van der Waals surface area contributed by atoms with Crippen molar-refractivity contribution in [2.45, 2.75) is 18.9 Å². The second-order valence-electron chi connectivity index (χ2n) is 4.65. The minimum atomic E-state index is -0.111. The number of amides is 2. The van der Waals surface area contributed by atoms with Gasteiger partial charge in [-0.3, -0.25) is 5.32 Å². The minimum Gasteiger partial charge on any atom is -0.348 e. The molecule has 0 aromatic carbocycles. The molecule has 2 aromatic rings. The average Bonchev–Trinajstić information content (AvgIpc) is 3.12. The first-order valence-corrected chi connectivity index (χ1v) is 8.32. The van der Waals surface area contributed by atoms with E-state index in [2.05, 4.69) is 20.5 Å². The van der Waals surface area contributed by atoms with Crippen molar-refractivity contribution in [2.24, 2.45) is 0 Å². The average molecular weight is 308 g/mol. The van der Waals surface area contributed by atoms with Crippen LogP contribution in [0.2, 0.25) is 0 Å². The van der Waals surface area contributed by atoms with Gasteiger partial charge in [0, 0.05) is 30.7 Å². The van der Waals surface area contributed by atoms with Gasteiger partial charge in [-0.25, -0.2) is 9.78 Å². The molecule has 0 aliphatic carbocycles. The molecule has 0 saturated carbocycles. The molecule has 1 fully saturated rings. The lowest BCUT2D eigenvalue weighted by molar-refractivity contribution is 0.246. The summed E-state index contributed by atoms with van der Waals surface area (Å²) in [6, 6.07) is 3.95. The lowest BCUT2D eigenvalue weighted by atomic mass is 10.1. The predicted molar refractivity (Wildman–Crippen MR) is 83.8 cm³/mol. The highest BCUT2D eigenvalue weighted by Gasteiger charge is 2.21. The standard InChI is InChI=1S/C13H16N4OS2/c18-12(16-11-2-1-8-19-11)15-10-3-6-17(7-4-10)13-14-5-9-20-13/h1-2,5,8-10H,3-4,6-7H2,(H2,15,16,18). The van der Waals surface area contributed by atoms with E-state index in [9.17, 15) is 4.79 Å². The SMILES string of the molecule is O=C(Nc1cccs1)NC1CCN(c2nccs2)CC1. The predicted octanol–water partition coefficient (Wildman–Crippen LogP) is 3.00. The van der Waals surface area contributed by atoms with Crippen LogP contribution in [0.4, 0.5) is 14.9 Å². The van der Waals surface area contributed by atoms with Crippen LogP contribution in [-0.4, -0.2) is 30.1 Å². The first kappa shape index (κ1) is 13.4. The molecule has 3 heterocycles. The van der Waals surface area contributed by atoms with Crippen molar-refractivity contribution in [3.63, 3.8) is 0 Å². The normalized spacial score (nSPS) is 16.1. The third-order valence-electron chi connectivity index (χ3n) is 3.28. The number of anilines is 2. The number of urea groups is 1. The van der Waals surface area contributed by atoms with E-state index in [1.165, 1.54) is 11.3 Å².